The molecule has 1 saturated heterocycles. The average Bonchev–Trinajstić information content (AvgIpc) is 2.44. The number of piperidine rings is 1. The van der Waals surface area contributed by atoms with Gasteiger partial charge in [-0.05, 0) is 58.3 Å². The molecule has 1 aliphatic heterocycles. The second-order valence-corrected chi connectivity index (χ2v) is 5.49. The molecule has 1 amide bonds. The molecule has 21 heavy (non-hydrogen) atoms. The van der Waals surface area contributed by atoms with Crippen molar-refractivity contribution in [1.29, 1.82) is 0 Å². The molecule has 0 unspecified atom stereocenters. The molecule has 128 valence electrons. The molecule has 1 rings (SSSR count). The number of carbonyl (C=O) groups excluding carboxylic acids is 1. The summed E-state index contributed by atoms with van der Waals surface area (Å²) in [5.74, 6) is 0.192. The highest BCUT2D eigenvalue weighted by atomic mass is 35.5. The van der Waals surface area contributed by atoms with Gasteiger partial charge in [-0.15, -0.1) is 24.8 Å². The van der Waals surface area contributed by atoms with Crippen LogP contribution < -0.4 is 10.6 Å². The minimum absolute atomic E-state index is 0. The predicted molar refractivity (Wildman–Crippen MR) is 94.8 cm³/mol. The Morgan fingerprint density at radius 2 is 1.81 bits per heavy atom. The highest BCUT2D eigenvalue weighted by Crippen LogP contribution is 2.06. The lowest BCUT2D eigenvalue weighted by atomic mass is 10.0. The van der Waals surface area contributed by atoms with Crippen molar-refractivity contribution in [2.75, 3.05) is 32.7 Å². The molecular weight excluding hydrogens is 309 g/mol. The molecule has 2 N–H and O–H groups in total. The Bertz CT molecular complexity index is 243. The molecule has 1 fully saturated rings. The van der Waals surface area contributed by atoms with Crippen LogP contribution in [0.1, 0.15) is 52.4 Å². The highest BCUT2D eigenvalue weighted by Gasteiger charge is 2.19. The van der Waals surface area contributed by atoms with Crippen molar-refractivity contribution in [3.63, 3.8) is 0 Å². The molecule has 0 spiro atoms. The minimum Gasteiger partial charge on any atom is -0.355 e. The van der Waals surface area contributed by atoms with Gasteiger partial charge in [0.05, 0.1) is 6.04 Å². The Morgan fingerprint density at radius 1 is 1.14 bits per heavy atom. The monoisotopic (exact) mass is 341 g/mol. The van der Waals surface area contributed by atoms with Crippen LogP contribution in [0.3, 0.4) is 0 Å². The van der Waals surface area contributed by atoms with Crippen LogP contribution in [0.15, 0.2) is 0 Å². The average molecular weight is 342 g/mol. The van der Waals surface area contributed by atoms with Crippen molar-refractivity contribution in [3.8, 4) is 0 Å². The van der Waals surface area contributed by atoms with E-state index in [0.717, 1.165) is 32.5 Å². The quantitative estimate of drug-likeness (QED) is 0.633. The normalized spacial score (nSPS) is 17.8. The summed E-state index contributed by atoms with van der Waals surface area (Å²) >= 11 is 0. The van der Waals surface area contributed by atoms with Gasteiger partial charge in [0.25, 0.3) is 0 Å². The zero-order valence-corrected chi connectivity index (χ0v) is 15.2. The van der Waals surface area contributed by atoms with E-state index in [9.17, 15) is 4.79 Å². The molecule has 0 bridgehead atoms. The Balaban J connectivity index is 0. The number of hydrogen-bond acceptors (Lipinski definition) is 3. The molecule has 0 aromatic carbocycles. The smallest absolute Gasteiger partial charge is 0.237 e. The van der Waals surface area contributed by atoms with E-state index < -0.39 is 0 Å². The van der Waals surface area contributed by atoms with E-state index in [1.165, 1.54) is 38.8 Å². The largest absolute Gasteiger partial charge is 0.355 e. The SMILES string of the molecule is CCCN(CCC)CCCNC(=O)[C@H]1CCCCN1.Cl.Cl. The van der Waals surface area contributed by atoms with Crippen LogP contribution in [0.5, 0.6) is 0 Å². The Morgan fingerprint density at radius 3 is 2.33 bits per heavy atom. The van der Waals surface area contributed by atoms with Crippen LogP contribution in [0.2, 0.25) is 0 Å². The first-order chi connectivity index (χ1) is 9.27. The molecule has 0 aliphatic carbocycles. The lowest BCUT2D eigenvalue weighted by molar-refractivity contribution is -0.123. The summed E-state index contributed by atoms with van der Waals surface area (Å²) < 4.78 is 0. The van der Waals surface area contributed by atoms with Crippen LogP contribution in [0.4, 0.5) is 0 Å². The van der Waals surface area contributed by atoms with Gasteiger partial charge in [-0.2, -0.15) is 0 Å². The number of hydrogen-bond donors (Lipinski definition) is 2. The second-order valence-electron chi connectivity index (χ2n) is 5.49. The third-order valence-corrected chi connectivity index (χ3v) is 3.66. The number of halogens is 2. The van der Waals surface area contributed by atoms with E-state index in [0.29, 0.717) is 0 Å². The molecule has 0 aromatic heterocycles. The van der Waals surface area contributed by atoms with E-state index in [4.69, 9.17) is 0 Å². The van der Waals surface area contributed by atoms with Crippen LogP contribution in [0.25, 0.3) is 0 Å². The van der Waals surface area contributed by atoms with Crippen molar-refractivity contribution in [1.82, 2.24) is 15.5 Å². The van der Waals surface area contributed by atoms with Gasteiger partial charge >= 0.3 is 0 Å². The molecule has 0 aromatic rings. The summed E-state index contributed by atoms with van der Waals surface area (Å²) in [6, 6.07) is 0.0520. The second kappa shape index (κ2) is 14.9. The number of nitrogens with zero attached hydrogens (tertiary/aromatic N) is 1. The third-order valence-electron chi connectivity index (χ3n) is 3.66. The van der Waals surface area contributed by atoms with E-state index in [2.05, 4.69) is 29.4 Å². The molecule has 0 radical (unpaired) electrons. The van der Waals surface area contributed by atoms with E-state index >= 15 is 0 Å². The Labute approximate surface area is 142 Å². The summed E-state index contributed by atoms with van der Waals surface area (Å²) in [6.07, 6.45) is 6.83. The molecule has 6 heteroatoms. The van der Waals surface area contributed by atoms with Crippen LogP contribution in [-0.4, -0.2) is 49.6 Å². The molecule has 1 aliphatic rings. The first-order valence-electron chi connectivity index (χ1n) is 8.01. The molecule has 0 saturated carbocycles. The molecular formula is C15H33Cl2N3O. The first-order valence-corrected chi connectivity index (χ1v) is 8.01. The van der Waals surface area contributed by atoms with Gasteiger partial charge in [-0.3, -0.25) is 4.79 Å². The standard InChI is InChI=1S/C15H31N3O.2ClH/c1-3-11-18(12-4-2)13-7-10-17-15(19)14-8-5-6-9-16-14;;/h14,16H,3-13H2,1-2H3,(H,17,19);2*1H/t14-;;/m1../s1. The topological polar surface area (TPSA) is 44.4 Å². The van der Waals surface area contributed by atoms with E-state index in [1.807, 2.05) is 0 Å². The predicted octanol–water partition coefficient (Wildman–Crippen LogP) is 2.60. The summed E-state index contributed by atoms with van der Waals surface area (Å²) in [4.78, 5) is 14.4. The van der Waals surface area contributed by atoms with Crippen LogP contribution >= 0.6 is 24.8 Å². The van der Waals surface area contributed by atoms with Crippen molar-refractivity contribution in [2.24, 2.45) is 0 Å². The first kappa shape index (κ1) is 23.2. The number of amides is 1. The van der Waals surface area contributed by atoms with Gasteiger partial charge in [0.2, 0.25) is 5.91 Å². The summed E-state index contributed by atoms with van der Waals surface area (Å²) in [6.45, 7) is 9.68. The van der Waals surface area contributed by atoms with Gasteiger partial charge in [0.1, 0.15) is 0 Å². The van der Waals surface area contributed by atoms with Crippen molar-refractivity contribution >= 4 is 30.7 Å². The number of carbonyl (C=O) groups is 1. The van der Waals surface area contributed by atoms with E-state index in [-0.39, 0.29) is 36.8 Å². The van der Waals surface area contributed by atoms with Crippen molar-refractivity contribution in [3.05, 3.63) is 0 Å². The van der Waals surface area contributed by atoms with Gasteiger partial charge in [-0.1, -0.05) is 20.3 Å². The lowest BCUT2D eigenvalue weighted by Crippen LogP contribution is -2.47. The minimum atomic E-state index is 0. The van der Waals surface area contributed by atoms with Gasteiger partial charge in [0.15, 0.2) is 0 Å². The Hall–Kier alpha value is -0.0300. The maximum absolute atomic E-state index is 11.9. The summed E-state index contributed by atoms with van der Waals surface area (Å²) in [5, 5.41) is 6.35. The third kappa shape index (κ3) is 10.3. The van der Waals surface area contributed by atoms with Gasteiger partial charge < -0.3 is 15.5 Å². The fraction of sp³-hybridized carbons (Fsp3) is 0.933. The van der Waals surface area contributed by atoms with Crippen LogP contribution in [-0.2, 0) is 4.79 Å². The highest BCUT2D eigenvalue weighted by molar-refractivity contribution is 5.85. The van der Waals surface area contributed by atoms with Gasteiger partial charge in [0, 0.05) is 6.54 Å². The number of nitrogens with one attached hydrogen (secondary N) is 2. The maximum Gasteiger partial charge on any atom is 0.237 e. The van der Waals surface area contributed by atoms with Crippen LogP contribution in [0, 0.1) is 0 Å². The zero-order chi connectivity index (χ0) is 13.9. The maximum atomic E-state index is 11.9. The fourth-order valence-electron chi connectivity index (χ4n) is 2.68. The van der Waals surface area contributed by atoms with Gasteiger partial charge in [-0.25, -0.2) is 0 Å². The van der Waals surface area contributed by atoms with Crippen molar-refractivity contribution in [2.45, 2.75) is 58.4 Å². The number of rotatable bonds is 9. The Kier molecular flexibility index (Phi) is 16.5. The van der Waals surface area contributed by atoms with E-state index in [1.54, 1.807) is 0 Å². The fourth-order valence-corrected chi connectivity index (χ4v) is 2.68. The van der Waals surface area contributed by atoms with Crippen molar-refractivity contribution < 1.29 is 4.79 Å². The zero-order valence-electron chi connectivity index (χ0n) is 13.5. The summed E-state index contributed by atoms with van der Waals surface area (Å²) in [7, 11) is 0. The lowest BCUT2D eigenvalue weighted by Gasteiger charge is -2.23. The summed E-state index contributed by atoms with van der Waals surface area (Å²) in [5.41, 5.74) is 0. The molecule has 1 atom stereocenters. The molecule has 4 nitrogen and oxygen atoms in total. The molecule has 1 heterocycles.